The molecule has 0 atom stereocenters. The number of nitrogens with zero attached hydrogens (tertiary/aromatic N) is 2. The van der Waals surface area contributed by atoms with E-state index in [-0.39, 0.29) is 17.7 Å². The number of alkyl halides is 2. The summed E-state index contributed by atoms with van der Waals surface area (Å²) in [6.45, 7) is 1.39. The number of pyridine rings is 2. The molecule has 0 aliphatic rings. The zero-order valence-corrected chi connectivity index (χ0v) is 11.5. The zero-order valence-electron chi connectivity index (χ0n) is 9.88. The third-order valence-electron chi connectivity index (χ3n) is 2.84. The molecule has 0 spiro atoms. The van der Waals surface area contributed by atoms with E-state index in [1.165, 1.54) is 23.8 Å². The molecule has 0 bridgehead atoms. The minimum atomic E-state index is -2.98. The lowest BCUT2D eigenvalue weighted by Gasteiger charge is -2.14. The number of hydrogen-bond acceptors (Lipinski definition) is 2. The van der Waals surface area contributed by atoms with Gasteiger partial charge in [0.15, 0.2) is 0 Å². The van der Waals surface area contributed by atoms with Crippen molar-refractivity contribution in [2.24, 2.45) is 7.05 Å². The van der Waals surface area contributed by atoms with E-state index < -0.39 is 5.92 Å². The average molecular weight is 317 g/mol. The van der Waals surface area contributed by atoms with Gasteiger partial charge in [-0.15, -0.1) is 0 Å². The fourth-order valence-corrected chi connectivity index (χ4v) is 2.33. The smallest absolute Gasteiger partial charge is 0.289 e. The van der Waals surface area contributed by atoms with Crippen molar-refractivity contribution in [1.82, 2.24) is 9.55 Å². The Morgan fingerprint density at radius 1 is 1.44 bits per heavy atom. The van der Waals surface area contributed by atoms with Crippen molar-refractivity contribution in [3.63, 3.8) is 0 Å². The third kappa shape index (κ3) is 2.05. The van der Waals surface area contributed by atoms with Crippen LogP contribution < -0.4 is 5.56 Å². The molecule has 0 saturated carbocycles. The molecule has 0 fully saturated rings. The summed E-state index contributed by atoms with van der Waals surface area (Å²) in [6.07, 6.45) is 2.44. The second kappa shape index (κ2) is 4.42. The van der Waals surface area contributed by atoms with E-state index in [2.05, 4.69) is 20.9 Å². The van der Waals surface area contributed by atoms with Crippen molar-refractivity contribution in [3.05, 3.63) is 39.0 Å². The molecule has 2 aromatic heterocycles. The Kier molecular flexibility index (Phi) is 3.23. The molecule has 2 heterocycles. The van der Waals surface area contributed by atoms with Crippen molar-refractivity contribution in [3.8, 4) is 0 Å². The molecule has 3 nitrogen and oxygen atoms in total. The van der Waals surface area contributed by atoms with Gasteiger partial charge in [0.1, 0.15) is 5.69 Å². The van der Waals surface area contributed by atoms with Crippen LogP contribution >= 0.6 is 15.9 Å². The van der Waals surface area contributed by atoms with E-state index in [4.69, 9.17) is 0 Å². The summed E-state index contributed by atoms with van der Waals surface area (Å²) in [7, 11) is 1.60. The highest BCUT2D eigenvalue weighted by atomic mass is 79.9. The molecule has 0 radical (unpaired) electrons. The van der Waals surface area contributed by atoms with Crippen molar-refractivity contribution in [2.75, 3.05) is 0 Å². The van der Waals surface area contributed by atoms with E-state index >= 15 is 0 Å². The maximum absolute atomic E-state index is 13.6. The van der Waals surface area contributed by atoms with Gasteiger partial charge in [-0.25, -0.2) is 0 Å². The summed E-state index contributed by atoms with van der Waals surface area (Å²) in [5, 5.41) is 0.777. The van der Waals surface area contributed by atoms with Crippen LogP contribution in [0.2, 0.25) is 0 Å². The quantitative estimate of drug-likeness (QED) is 0.852. The van der Waals surface area contributed by atoms with E-state index in [0.717, 1.165) is 0 Å². The average Bonchev–Trinajstić information content (AvgIpc) is 2.35. The topological polar surface area (TPSA) is 34.9 Å². The Morgan fingerprint density at radius 2 is 2.11 bits per heavy atom. The van der Waals surface area contributed by atoms with Crippen LogP contribution in [0.1, 0.15) is 19.0 Å². The first-order valence-electron chi connectivity index (χ1n) is 5.40. The van der Waals surface area contributed by atoms with E-state index in [9.17, 15) is 13.6 Å². The summed E-state index contributed by atoms with van der Waals surface area (Å²) < 4.78 is 29.1. The second-order valence-electron chi connectivity index (χ2n) is 4.07. The van der Waals surface area contributed by atoms with Crippen molar-refractivity contribution >= 4 is 26.7 Å². The molecule has 0 aliphatic heterocycles. The lowest BCUT2D eigenvalue weighted by atomic mass is 10.1. The van der Waals surface area contributed by atoms with Crippen molar-refractivity contribution in [1.29, 1.82) is 0 Å². The van der Waals surface area contributed by atoms with Crippen LogP contribution in [0.3, 0.4) is 0 Å². The van der Waals surface area contributed by atoms with Gasteiger partial charge in [0.05, 0.1) is 5.39 Å². The van der Waals surface area contributed by atoms with Crippen LogP contribution in [0, 0.1) is 0 Å². The summed E-state index contributed by atoms with van der Waals surface area (Å²) in [6, 6.07) is 1.27. The van der Waals surface area contributed by atoms with Gasteiger partial charge in [0, 0.05) is 35.7 Å². The zero-order chi connectivity index (χ0) is 13.5. The maximum atomic E-state index is 13.6. The van der Waals surface area contributed by atoms with Crippen LogP contribution in [0.15, 0.2) is 27.7 Å². The predicted octanol–water partition coefficient (Wildman–Crippen LogP) is 3.20. The van der Waals surface area contributed by atoms with Crippen LogP contribution in [0.4, 0.5) is 8.78 Å². The van der Waals surface area contributed by atoms with Gasteiger partial charge in [-0.3, -0.25) is 9.78 Å². The molecule has 96 valence electrons. The van der Waals surface area contributed by atoms with Gasteiger partial charge >= 0.3 is 0 Å². The molecular weight excluding hydrogens is 306 g/mol. The second-order valence-corrected chi connectivity index (χ2v) is 4.92. The molecule has 0 aliphatic carbocycles. The predicted molar refractivity (Wildman–Crippen MR) is 68.9 cm³/mol. The highest BCUT2D eigenvalue weighted by Gasteiger charge is 2.31. The van der Waals surface area contributed by atoms with Gasteiger partial charge in [0.25, 0.3) is 11.5 Å². The van der Waals surface area contributed by atoms with E-state index in [1.807, 2.05) is 0 Å². The number of fused-ring (bicyclic) bond motifs is 1. The van der Waals surface area contributed by atoms with Gasteiger partial charge in [-0.1, -0.05) is 6.92 Å². The molecule has 0 saturated heterocycles. The normalized spacial score (nSPS) is 12.1. The Balaban J connectivity index is 2.78. The maximum Gasteiger partial charge on any atom is 0.289 e. The SMILES string of the molecule is CCC(F)(F)c1cc2c(Br)cn(C)c(=O)c2cn1. The van der Waals surface area contributed by atoms with Crippen LogP contribution in [0.5, 0.6) is 0 Å². The van der Waals surface area contributed by atoms with Gasteiger partial charge < -0.3 is 4.57 Å². The molecule has 2 rings (SSSR count). The van der Waals surface area contributed by atoms with Gasteiger partial charge in [0.2, 0.25) is 0 Å². The number of rotatable bonds is 2. The molecule has 6 heteroatoms. The molecule has 0 unspecified atom stereocenters. The minimum absolute atomic E-state index is 0.257. The van der Waals surface area contributed by atoms with Crippen molar-refractivity contribution in [2.45, 2.75) is 19.3 Å². The van der Waals surface area contributed by atoms with Gasteiger partial charge in [-0.2, -0.15) is 8.78 Å². The summed E-state index contributed by atoms with van der Waals surface area (Å²) in [4.78, 5) is 15.5. The number of aromatic nitrogens is 2. The number of hydrogen-bond donors (Lipinski definition) is 0. The molecule has 0 aromatic carbocycles. The monoisotopic (exact) mass is 316 g/mol. The highest BCUT2D eigenvalue weighted by molar-refractivity contribution is 9.10. The van der Waals surface area contributed by atoms with Crippen LogP contribution in [0.25, 0.3) is 10.8 Å². The summed E-state index contributed by atoms with van der Waals surface area (Å²) in [5.74, 6) is -2.98. The standard InChI is InChI=1S/C12H11BrF2N2O/c1-3-12(14,15)10-4-7-8(5-16-10)11(18)17(2)6-9(7)13/h4-6H,3H2,1-2H3. The molecule has 0 amide bonds. The molecular formula is C12H11BrF2N2O. The summed E-state index contributed by atoms with van der Waals surface area (Å²) >= 11 is 3.27. The Morgan fingerprint density at radius 3 is 2.72 bits per heavy atom. The molecule has 18 heavy (non-hydrogen) atoms. The third-order valence-corrected chi connectivity index (χ3v) is 3.47. The lowest BCUT2D eigenvalue weighted by Crippen LogP contribution is -2.18. The number of aryl methyl sites for hydroxylation is 1. The van der Waals surface area contributed by atoms with Gasteiger partial charge in [-0.05, 0) is 22.0 Å². The first-order chi connectivity index (χ1) is 8.36. The summed E-state index contributed by atoms with van der Waals surface area (Å²) in [5.41, 5.74) is -0.571. The fourth-order valence-electron chi connectivity index (χ4n) is 1.69. The lowest BCUT2D eigenvalue weighted by molar-refractivity contribution is -0.0126. The molecule has 2 aromatic rings. The first kappa shape index (κ1) is 13.1. The largest absolute Gasteiger partial charge is 0.317 e. The first-order valence-corrected chi connectivity index (χ1v) is 6.19. The Hall–Kier alpha value is -1.30. The van der Waals surface area contributed by atoms with Crippen LogP contribution in [-0.4, -0.2) is 9.55 Å². The highest BCUT2D eigenvalue weighted by Crippen LogP contribution is 2.32. The number of halogens is 3. The molecule has 0 N–H and O–H groups in total. The fraction of sp³-hybridized carbons (Fsp3) is 0.333. The van der Waals surface area contributed by atoms with Crippen LogP contribution in [-0.2, 0) is 13.0 Å². The van der Waals surface area contributed by atoms with Crippen molar-refractivity contribution < 1.29 is 8.78 Å². The Bertz CT molecular complexity index is 667. The Labute approximate surface area is 111 Å². The van der Waals surface area contributed by atoms with E-state index in [0.29, 0.717) is 15.2 Å². The minimum Gasteiger partial charge on any atom is -0.317 e. The van der Waals surface area contributed by atoms with E-state index in [1.54, 1.807) is 13.2 Å².